The summed E-state index contributed by atoms with van der Waals surface area (Å²) in [5.41, 5.74) is 1.56. The van der Waals surface area contributed by atoms with Crippen LogP contribution in [0.3, 0.4) is 0 Å². The maximum Gasteiger partial charge on any atom is 1.00 e. The summed E-state index contributed by atoms with van der Waals surface area (Å²) in [5.74, 6) is -8.12. The Hall–Kier alpha value is -6.62. The first kappa shape index (κ1) is 118. The van der Waals surface area contributed by atoms with Gasteiger partial charge in [0.05, 0.1) is 43.6 Å². The molecular weight excluding hydrogens is 1900 g/mol. The Morgan fingerprint density at radius 3 is 0.646 bits per heavy atom. The first-order valence-electron chi connectivity index (χ1n) is 34.8. The minimum absolute atomic E-state index is 0. The quantitative estimate of drug-likeness (QED) is 0.00990. The van der Waals surface area contributed by atoms with Crippen molar-refractivity contribution in [3.05, 3.63) is 227 Å². The Morgan fingerprint density at radius 1 is 0.277 bits per heavy atom. The van der Waals surface area contributed by atoms with E-state index in [0.717, 1.165) is 48.6 Å². The van der Waals surface area contributed by atoms with Crippen molar-refractivity contribution < 1.29 is 328 Å². The van der Waals surface area contributed by atoms with Crippen molar-refractivity contribution in [3.63, 3.8) is 0 Å². The first-order chi connectivity index (χ1) is 58.0. The van der Waals surface area contributed by atoms with Gasteiger partial charge in [0.15, 0.2) is 0 Å². The fraction of sp³-hybridized carbons (Fsp3) is 0.0811. The van der Waals surface area contributed by atoms with E-state index in [1.165, 1.54) is 48.6 Å². The van der Waals surface area contributed by atoms with Crippen molar-refractivity contribution in [1.29, 1.82) is 0 Å². The molecule has 56 heteroatoms. The third-order valence-corrected chi connectivity index (χ3v) is 20.0. The molecule has 2 atom stereocenters. The van der Waals surface area contributed by atoms with Crippen LogP contribution in [0.4, 0.5) is 105 Å². The van der Waals surface area contributed by atoms with Crippen molar-refractivity contribution in [2.75, 3.05) is 53.2 Å². The van der Waals surface area contributed by atoms with E-state index in [-0.39, 0.29) is 352 Å². The standard InChI is InChI=1S/C42H40N12O14S2.C32H24Cl2N10O6S2.8Na/c55-33(56)19-17-29(35(59)60)47-41-51-37(43-25-7-3-1-4-8-25)49-39(53-41)45-27-15-13-23(31(21-27)69(63,64)65)11-12-24-14-16-28(22-32(24)70(66,67)68)46-40-50-38(44-26-9-5-2-6-10-26)52-42(54-40)48-30(36(61)62)18-20-34(57)58;33-27-39-29(35-21-7-3-1-4-8-21)43-31(41-27)37-23-15-13-19(25(17-23)51(45,46)47)11-12-20-14-16-24(18-26(20)52(48,49)50)38-32-42-28(34)40-30(44-32)36-22-9-5-2-6-10-22;;;;;;;;/h1-16,21-22,29-30H,17-20H2,(H,55,56)(H,57,58)(H,59,60)(H,61,62)(H,63,64,65)(H,66,67,68)(H3,43,45,47,49,51,53)(H3,44,46,48,50,52,54);1-18H,(H,45,46,47)(H,48,49,50)(H2,35,37,39,41,43)(H2,36,38,40,42,44);;;;;;;;/q;;8*+1/p-8/b2*12-11+;;;;;;;;. The SMILES string of the molecule is O=C([O-])CCC(Nc1nc(Nc2ccccc2)nc(Nc2ccc(/C=C/c3ccc(Nc4nc(Nc5ccccc5)nc(NC(CCC(=O)[O-])C(=O)[O-])n4)cc3S(=O)(=O)[O-])c(S(=O)(=O)[O-])c2)n1)C(=O)[O-].O=S(=O)([O-])c1cc(Nc2nc(Cl)nc(Nc3ccccc3)n2)ccc1/C=C/c1ccc(Nc2nc(Cl)nc(Nc3ccccc3)n2)cc1S(=O)(=O)[O-].[Na+].[Na+].[Na+].[Na+].[Na+].[Na+].[Na+].[Na+]. The molecule has 0 aliphatic rings. The number of carbonyl (C=O) groups excluding carboxylic acids is 4. The first-order valence-corrected chi connectivity index (χ1v) is 41.2. The van der Waals surface area contributed by atoms with Crippen LogP contribution < -0.4 is 310 Å². The Balaban J connectivity index is 0.000000654. The van der Waals surface area contributed by atoms with Crippen molar-refractivity contribution in [1.82, 2.24) is 59.8 Å². The number of hydrogen-bond donors (Lipinski definition) is 10. The Labute approximate surface area is 928 Å². The monoisotopic (exact) mass is 1950 g/mol. The average molecular weight is 1960 g/mol. The molecule has 130 heavy (non-hydrogen) atoms. The number of nitrogens with zero attached hydrogens (tertiary/aromatic N) is 12. The van der Waals surface area contributed by atoms with Gasteiger partial charge in [0.2, 0.25) is 70.1 Å². The van der Waals surface area contributed by atoms with Gasteiger partial charge in [-0.05, 0) is 168 Å². The van der Waals surface area contributed by atoms with Gasteiger partial charge in [0.25, 0.3) is 0 Å². The van der Waals surface area contributed by atoms with E-state index in [9.17, 15) is 91.5 Å². The zero-order valence-electron chi connectivity index (χ0n) is 69.7. The number of carboxylic acid groups (broad SMARTS) is 4. The minimum atomic E-state index is -5.30. The maximum atomic E-state index is 12.6. The predicted molar refractivity (Wildman–Crippen MR) is 430 cm³/mol. The number of aromatic nitrogens is 12. The van der Waals surface area contributed by atoms with Gasteiger partial charge in [-0.25, -0.2) is 33.7 Å². The summed E-state index contributed by atoms with van der Waals surface area (Å²) >= 11 is 12.1. The summed E-state index contributed by atoms with van der Waals surface area (Å²) < 4.78 is 149. The summed E-state index contributed by atoms with van der Waals surface area (Å²) in [6.07, 6.45) is 2.18. The van der Waals surface area contributed by atoms with Crippen LogP contribution >= 0.6 is 23.2 Å². The molecule has 0 spiro atoms. The van der Waals surface area contributed by atoms with Crippen LogP contribution in [-0.2, 0) is 59.7 Å². The van der Waals surface area contributed by atoms with Crippen LogP contribution in [0.1, 0.15) is 47.9 Å². The zero-order valence-corrected chi connectivity index (χ0v) is 90.5. The molecule has 2 unspecified atom stereocenters. The molecule has 12 rings (SSSR count). The molecule has 0 amide bonds. The number of carboxylic acids is 4. The van der Waals surface area contributed by atoms with Crippen LogP contribution in [-0.4, -0.2) is 148 Å². The molecule has 8 aromatic carbocycles. The van der Waals surface area contributed by atoms with Crippen LogP contribution in [0.5, 0.6) is 0 Å². The summed E-state index contributed by atoms with van der Waals surface area (Å²) in [4.78, 5) is 92.0. The van der Waals surface area contributed by atoms with Crippen molar-refractivity contribution in [2.24, 2.45) is 0 Å². The van der Waals surface area contributed by atoms with Gasteiger partial charge < -0.3 is 111 Å². The molecule has 10 N–H and O–H groups in total. The van der Waals surface area contributed by atoms with Crippen molar-refractivity contribution in [3.8, 4) is 0 Å². The smallest absolute Gasteiger partial charge is 0.744 e. The molecular formula is C74H56Cl2N22Na8O20S4. The second-order valence-electron chi connectivity index (χ2n) is 24.9. The number of carbonyl (C=O) groups is 4. The van der Waals surface area contributed by atoms with E-state index in [2.05, 4.69) is 113 Å². The number of hydrogen-bond acceptors (Lipinski definition) is 42. The number of aliphatic carboxylic acids is 4. The van der Waals surface area contributed by atoms with Crippen LogP contribution in [0.25, 0.3) is 24.3 Å². The molecule has 0 bridgehead atoms. The van der Waals surface area contributed by atoms with Crippen LogP contribution in [0.15, 0.2) is 214 Å². The second-order valence-corrected chi connectivity index (χ2v) is 31.0. The van der Waals surface area contributed by atoms with E-state index in [1.807, 2.05) is 12.1 Å². The summed E-state index contributed by atoms with van der Waals surface area (Å²) in [6.45, 7) is 0. The van der Waals surface area contributed by atoms with Gasteiger partial charge in [-0.2, -0.15) is 59.8 Å². The van der Waals surface area contributed by atoms with Gasteiger partial charge in [-0.3, -0.25) is 0 Å². The second kappa shape index (κ2) is 54.8. The van der Waals surface area contributed by atoms with E-state index in [1.54, 1.807) is 109 Å². The van der Waals surface area contributed by atoms with Crippen molar-refractivity contribution in [2.45, 2.75) is 57.3 Å². The molecule has 42 nitrogen and oxygen atoms in total. The largest absolute Gasteiger partial charge is 1.00 e. The molecule has 0 saturated carbocycles. The van der Waals surface area contributed by atoms with Gasteiger partial charge in [-0.1, -0.05) is 121 Å². The van der Waals surface area contributed by atoms with Crippen LogP contribution in [0.2, 0.25) is 10.6 Å². The average Bonchev–Trinajstić information content (AvgIpc) is 0.801. The zero-order chi connectivity index (χ0) is 87.5. The Morgan fingerprint density at radius 2 is 0.462 bits per heavy atom. The molecule has 0 aliphatic carbocycles. The molecule has 0 aliphatic heterocycles. The molecule has 0 saturated heterocycles. The third-order valence-electron chi connectivity index (χ3n) is 16.1. The fourth-order valence-corrected chi connectivity index (χ4v) is 13.8. The van der Waals surface area contributed by atoms with Gasteiger partial charge in [0.1, 0.15) is 40.5 Å². The summed E-state index contributed by atoms with van der Waals surface area (Å²) in [5, 5.41) is 72.9. The van der Waals surface area contributed by atoms with Gasteiger partial charge >= 0.3 is 236 Å². The topological polar surface area (TPSA) is 664 Å². The van der Waals surface area contributed by atoms with E-state index >= 15 is 0 Å². The van der Waals surface area contributed by atoms with Crippen LogP contribution in [0, 0.1) is 0 Å². The summed E-state index contributed by atoms with van der Waals surface area (Å²) in [6, 6.07) is 45.7. The number of nitrogens with one attached hydrogen (secondary N) is 10. The third kappa shape index (κ3) is 37.2. The number of rotatable bonds is 36. The number of anilines is 18. The van der Waals surface area contributed by atoms with E-state index in [0.29, 0.717) is 22.7 Å². The molecule has 628 valence electrons. The summed E-state index contributed by atoms with van der Waals surface area (Å²) in [7, 11) is -20.8. The normalized spacial score (nSPS) is 11.3. The minimum Gasteiger partial charge on any atom is -0.744 e. The number of para-hydroxylation sites is 4. The van der Waals surface area contributed by atoms with Crippen molar-refractivity contribution >= 4 is 217 Å². The number of halogens is 2. The fourth-order valence-electron chi connectivity index (χ4n) is 10.7. The van der Waals surface area contributed by atoms with Gasteiger partial charge in [-0.15, -0.1) is 0 Å². The van der Waals surface area contributed by atoms with Gasteiger partial charge in [0, 0.05) is 57.4 Å². The predicted octanol–water partition coefficient (Wildman–Crippen LogP) is -18.5. The number of benzene rings is 8. The molecule has 12 aromatic rings. The molecule has 0 fully saturated rings. The molecule has 4 aromatic heterocycles. The molecule has 4 heterocycles. The molecule has 0 radical (unpaired) electrons. The maximum absolute atomic E-state index is 12.6. The van der Waals surface area contributed by atoms with E-state index in [4.69, 9.17) is 23.2 Å². The van der Waals surface area contributed by atoms with E-state index < -0.39 is 122 Å². The Kier molecular flexibility index (Phi) is 49.6. The Bertz CT molecular complexity index is 6120.